The Hall–Kier alpha value is -1.44. The molecule has 0 aliphatic carbocycles. The van der Waals surface area contributed by atoms with E-state index in [2.05, 4.69) is 25.6 Å². The van der Waals surface area contributed by atoms with Gasteiger partial charge >= 0.3 is 0 Å². The van der Waals surface area contributed by atoms with Crippen molar-refractivity contribution in [2.45, 2.75) is 25.3 Å². The number of aryl methyl sites for hydroxylation is 1. The first-order valence-corrected chi connectivity index (χ1v) is 8.46. The zero-order chi connectivity index (χ0) is 15.6. The van der Waals surface area contributed by atoms with Gasteiger partial charge in [0, 0.05) is 12.4 Å². The van der Waals surface area contributed by atoms with Crippen LogP contribution in [-0.2, 0) is 16.6 Å². The lowest BCUT2D eigenvalue weighted by atomic mass is 10.1. The molecule has 1 heterocycles. The molecule has 5 nitrogen and oxygen atoms in total. The zero-order valence-corrected chi connectivity index (χ0v) is 14.0. The highest BCUT2D eigenvalue weighted by Gasteiger charge is 2.20. The van der Waals surface area contributed by atoms with Crippen LogP contribution < -0.4 is 4.72 Å². The average Bonchev–Trinajstić information content (AvgIpc) is 2.43. The molecule has 0 amide bonds. The summed E-state index contributed by atoms with van der Waals surface area (Å²) in [5, 5.41) is 9.25. The minimum Gasteiger partial charge on any atom is -0.392 e. The number of aliphatic hydroxyl groups excluding tert-OH is 1. The molecule has 0 saturated heterocycles. The van der Waals surface area contributed by atoms with Crippen molar-refractivity contribution in [3.8, 4) is 0 Å². The largest absolute Gasteiger partial charge is 0.392 e. The molecule has 0 atom stereocenters. The van der Waals surface area contributed by atoms with Gasteiger partial charge < -0.3 is 5.11 Å². The lowest BCUT2D eigenvalue weighted by Gasteiger charge is -2.14. The standard InChI is InChI=1S/C14H15BrN2O3S/c1-9-5-11(8-18)6-14(10(9)2)21(19,20)17-13-3-4-16-7-12(13)15/h3-7,18H,8H2,1-2H3,(H,16,17). The van der Waals surface area contributed by atoms with Gasteiger partial charge in [-0.05, 0) is 58.6 Å². The maximum Gasteiger partial charge on any atom is 0.262 e. The molecule has 1 aromatic carbocycles. The van der Waals surface area contributed by atoms with E-state index in [4.69, 9.17) is 0 Å². The van der Waals surface area contributed by atoms with Crippen molar-refractivity contribution in [2.24, 2.45) is 0 Å². The number of rotatable bonds is 4. The Balaban J connectivity index is 2.50. The zero-order valence-electron chi connectivity index (χ0n) is 11.6. The first kappa shape index (κ1) is 15.9. The van der Waals surface area contributed by atoms with Crippen LogP contribution in [0.2, 0.25) is 0 Å². The third kappa shape index (κ3) is 3.42. The van der Waals surface area contributed by atoms with Gasteiger partial charge in [0.1, 0.15) is 0 Å². The number of hydrogen-bond donors (Lipinski definition) is 2. The van der Waals surface area contributed by atoms with Crippen LogP contribution in [0.5, 0.6) is 0 Å². The van der Waals surface area contributed by atoms with Crippen LogP contribution >= 0.6 is 15.9 Å². The van der Waals surface area contributed by atoms with Crippen molar-refractivity contribution in [2.75, 3.05) is 4.72 Å². The normalized spacial score (nSPS) is 11.4. The van der Waals surface area contributed by atoms with E-state index in [0.29, 0.717) is 21.3 Å². The van der Waals surface area contributed by atoms with Gasteiger partial charge in [-0.3, -0.25) is 9.71 Å². The summed E-state index contributed by atoms with van der Waals surface area (Å²) in [7, 11) is -3.74. The van der Waals surface area contributed by atoms with Crippen LogP contribution in [0, 0.1) is 13.8 Å². The number of nitrogens with zero attached hydrogens (tertiary/aromatic N) is 1. The van der Waals surface area contributed by atoms with E-state index in [9.17, 15) is 13.5 Å². The SMILES string of the molecule is Cc1cc(CO)cc(S(=O)(=O)Nc2ccncc2Br)c1C. The van der Waals surface area contributed by atoms with Crippen LogP contribution in [0.4, 0.5) is 5.69 Å². The van der Waals surface area contributed by atoms with Gasteiger partial charge in [-0.1, -0.05) is 6.07 Å². The van der Waals surface area contributed by atoms with Crippen molar-refractivity contribution in [3.05, 3.63) is 51.8 Å². The average molecular weight is 371 g/mol. The first-order chi connectivity index (χ1) is 9.85. The minimum absolute atomic E-state index is 0.162. The Morgan fingerprint density at radius 1 is 1.33 bits per heavy atom. The molecular formula is C14H15BrN2O3S. The molecule has 2 N–H and O–H groups in total. The highest BCUT2D eigenvalue weighted by molar-refractivity contribution is 9.10. The highest BCUT2D eigenvalue weighted by atomic mass is 79.9. The molecule has 0 fully saturated rings. The Kier molecular flexibility index (Phi) is 4.65. The molecule has 0 saturated carbocycles. The van der Waals surface area contributed by atoms with E-state index >= 15 is 0 Å². The Labute approximate surface area is 132 Å². The number of halogens is 1. The Morgan fingerprint density at radius 3 is 2.67 bits per heavy atom. The number of aliphatic hydroxyl groups is 1. The third-order valence-electron chi connectivity index (χ3n) is 3.17. The number of nitrogens with one attached hydrogen (secondary N) is 1. The fourth-order valence-electron chi connectivity index (χ4n) is 1.93. The smallest absolute Gasteiger partial charge is 0.262 e. The van der Waals surface area contributed by atoms with Gasteiger partial charge in [-0.25, -0.2) is 8.42 Å². The maximum atomic E-state index is 12.6. The minimum atomic E-state index is -3.74. The predicted octanol–water partition coefficient (Wildman–Crippen LogP) is 2.75. The molecule has 0 radical (unpaired) electrons. The van der Waals surface area contributed by atoms with Crippen molar-refractivity contribution in [3.63, 3.8) is 0 Å². The van der Waals surface area contributed by atoms with Crippen molar-refractivity contribution in [1.29, 1.82) is 0 Å². The molecule has 0 spiro atoms. The van der Waals surface area contributed by atoms with Gasteiger partial charge in [0.2, 0.25) is 0 Å². The molecule has 0 unspecified atom stereocenters. The fourth-order valence-corrected chi connectivity index (χ4v) is 3.86. The topological polar surface area (TPSA) is 79.3 Å². The number of sulfonamides is 1. The summed E-state index contributed by atoms with van der Waals surface area (Å²) in [6, 6.07) is 4.83. The highest BCUT2D eigenvalue weighted by Crippen LogP contribution is 2.26. The molecular weight excluding hydrogens is 356 g/mol. The predicted molar refractivity (Wildman–Crippen MR) is 84.6 cm³/mol. The maximum absolute atomic E-state index is 12.6. The molecule has 0 aliphatic heterocycles. The van der Waals surface area contributed by atoms with Crippen LogP contribution in [0.15, 0.2) is 40.0 Å². The monoisotopic (exact) mass is 370 g/mol. The van der Waals surface area contributed by atoms with Crippen LogP contribution in [0.3, 0.4) is 0 Å². The summed E-state index contributed by atoms with van der Waals surface area (Å²) >= 11 is 3.25. The number of anilines is 1. The molecule has 0 aliphatic rings. The number of aromatic nitrogens is 1. The lowest BCUT2D eigenvalue weighted by molar-refractivity contribution is 0.281. The van der Waals surface area contributed by atoms with E-state index in [-0.39, 0.29) is 11.5 Å². The van der Waals surface area contributed by atoms with Gasteiger partial charge in [-0.15, -0.1) is 0 Å². The van der Waals surface area contributed by atoms with E-state index in [0.717, 1.165) is 5.56 Å². The van der Waals surface area contributed by atoms with Crippen LogP contribution in [-0.4, -0.2) is 18.5 Å². The molecule has 21 heavy (non-hydrogen) atoms. The van der Waals surface area contributed by atoms with Crippen LogP contribution in [0.25, 0.3) is 0 Å². The molecule has 7 heteroatoms. The van der Waals surface area contributed by atoms with Gasteiger partial charge in [-0.2, -0.15) is 0 Å². The van der Waals surface area contributed by atoms with E-state index in [1.165, 1.54) is 18.5 Å². The van der Waals surface area contributed by atoms with Crippen molar-refractivity contribution < 1.29 is 13.5 Å². The molecule has 112 valence electrons. The van der Waals surface area contributed by atoms with E-state index < -0.39 is 10.0 Å². The number of hydrogen-bond acceptors (Lipinski definition) is 4. The second-order valence-electron chi connectivity index (χ2n) is 4.65. The van der Waals surface area contributed by atoms with Crippen LogP contribution in [0.1, 0.15) is 16.7 Å². The fraction of sp³-hybridized carbons (Fsp3) is 0.214. The van der Waals surface area contributed by atoms with Crippen molar-refractivity contribution >= 4 is 31.6 Å². The Morgan fingerprint density at radius 2 is 2.05 bits per heavy atom. The molecule has 2 rings (SSSR count). The van der Waals surface area contributed by atoms with E-state index in [1.54, 1.807) is 19.1 Å². The summed E-state index contributed by atoms with van der Waals surface area (Å²) in [5.74, 6) is 0. The van der Waals surface area contributed by atoms with Gasteiger partial charge in [0.15, 0.2) is 0 Å². The van der Waals surface area contributed by atoms with Gasteiger partial charge in [0.05, 0.1) is 21.7 Å². The van der Waals surface area contributed by atoms with Crippen molar-refractivity contribution in [1.82, 2.24) is 4.98 Å². The quantitative estimate of drug-likeness (QED) is 0.866. The summed E-state index contributed by atoms with van der Waals surface area (Å²) in [5.41, 5.74) is 2.45. The second-order valence-corrected chi connectivity index (χ2v) is 7.16. The summed E-state index contributed by atoms with van der Waals surface area (Å²) in [6.07, 6.45) is 3.02. The summed E-state index contributed by atoms with van der Waals surface area (Å²) < 4.78 is 28.2. The first-order valence-electron chi connectivity index (χ1n) is 6.18. The molecule has 2 aromatic rings. The number of benzene rings is 1. The second kappa shape index (κ2) is 6.13. The third-order valence-corrected chi connectivity index (χ3v) is 5.29. The number of pyridine rings is 1. The summed E-state index contributed by atoms with van der Waals surface area (Å²) in [6.45, 7) is 3.35. The molecule has 0 bridgehead atoms. The van der Waals surface area contributed by atoms with Gasteiger partial charge in [0.25, 0.3) is 10.0 Å². The Bertz CT molecular complexity index is 776. The summed E-state index contributed by atoms with van der Waals surface area (Å²) in [4.78, 5) is 4.05. The molecule has 1 aromatic heterocycles. The van der Waals surface area contributed by atoms with E-state index in [1.807, 2.05) is 6.92 Å². The lowest BCUT2D eigenvalue weighted by Crippen LogP contribution is -2.15.